The van der Waals surface area contributed by atoms with Crippen LogP contribution in [0.1, 0.15) is 60.1 Å². The largest absolute Gasteiger partial charge is 0.374 e. The Morgan fingerprint density at radius 3 is 2.77 bits per heavy atom. The third-order valence-corrected chi connectivity index (χ3v) is 8.65. The molecule has 3 aromatic rings. The number of rotatable bonds is 8. The predicted molar refractivity (Wildman–Crippen MR) is 144 cm³/mol. The summed E-state index contributed by atoms with van der Waals surface area (Å²) in [5, 5.41) is 11.5. The second-order valence-corrected chi connectivity index (χ2v) is 12.8. The highest BCUT2D eigenvalue weighted by atomic mass is 32.2. The van der Waals surface area contributed by atoms with E-state index in [1.807, 2.05) is 6.07 Å². The highest BCUT2D eigenvalue weighted by molar-refractivity contribution is 7.85. The first kappa shape index (κ1) is 26.5. The predicted octanol–water partition coefficient (Wildman–Crippen LogP) is 2.71. The standard InChI is InChI=1S/C24H31FN7O5PS/c1-39(34,35)37-12-14-2-4-15(5-3-14)32-11-19(21(29-32)22(25)38)27-24(33)18-9-26-31-7-6-20(28-23(18)31)30-10-17-8-16(30)13-36-17/h6-7,9,11,14-17,22H,2-5,8,10,12-13,38H2,1H3,(H,27,33)/t14-,15-,16-,17-,22?/m1/s1. The van der Waals surface area contributed by atoms with E-state index < -0.39 is 21.9 Å². The number of nitrogens with one attached hydrogen (secondary N) is 1. The van der Waals surface area contributed by atoms with Crippen LogP contribution in [0.5, 0.6) is 0 Å². The van der Waals surface area contributed by atoms with Gasteiger partial charge in [0.25, 0.3) is 16.0 Å². The molecule has 6 rings (SSSR count). The average Bonchev–Trinajstić information content (AvgIpc) is 3.70. The number of anilines is 2. The van der Waals surface area contributed by atoms with Crippen LogP contribution in [-0.2, 0) is 19.0 Å². The maximum absolute atomic E-state index is 14.5. The number of halogens is 1. The van der Waals surface area contributed by atoms with Gasteiger partial charge in [0.05, 0.1) is 49.5 Å². The lowest BCUT2D eigenvalue weighted by molar-refractivity contribution is 0.0988. The van der Waals surface area contributed by atoms with Crippen LogP contribution in [0.25, 0.3) is 5.65 Å². The summed E-state index contributed by atoms with van der Waals surface area (Å²) in [6, 6.07) is 2.17. The van der Waals surface area contributed by atoms with Crippen LogP contribution >= 0.6 is 9.24 Å². The Labute approximate surface area is 227 Å². The zero-order chi connectivity index (χ0) is 27.3. The Morgan fingerprint density at radius 2 is 2.10 bits per heavy atom. The first-order valence-electron chi connectivity index (χ1n) is 13.0. The van der Waals surface area contributed by atoms with E-state index in [1.165, 1.54) is 6.20 Å². The summed E-state index contributed by atoms with van der Waals surface area (Å²) in [6.07, 6.45) is 10.1. The molecule has 210 valence electrons. The molecule has 5 heterocycles. The Morgan fingerprint density at radius 1 is 1.31 bits per heavy atom. The molecule has 2 unspecified atom stereocenters. The van der Waals surface area contributed by atoms with E-state index in [2.05, 4.69) is 29.7 Å². The van der Waals surface area contributed by atoms with E-state index in [1.54, 1.807) is 21.6 Å². The number of carbonyl (C=O) groups excluding carboxylic acids is 1. The van der Waals surface area contributed by atoms with Gasteiger partial charge in [-0.2, -0.15) is 18.6 Å². The molecular formula is C24H31FN7O5PS. The van der Waals surface area contributed by atoms with Crippen LogP contribution in [0.2, 0.25) is 0 Å². The van der Waals surface area contributed by atoms with E-state index in [0.29, 0.717) is 12.3 Å². The van der Waals surface area contributed by atoms with Crippen molar-refractivity contribution in [1.82, 2.24) is 24.4 Å². The summed E-state index contributed by atoms with van der Waals surface area (Å²) in [4.78, 5) is 20.3. The molecule has 1 aliphatic carbocycles. The van der Waals surface area contributed by atoms with Gasteiger partial charge in [-0.05, 0) is 44.1 Å². The molecule has 1 N–H and O–H groups in total. The molecule has 1 saturated carbocycles. The maximum Gasteiger partial charge on any atom is 0.264 e. The molecule has 0 spiro atoms. The Kier molecular flexibility index (Phi) is 7.07. The second kappa shape index (κ2) is 10.4. The fourth-order valence-corrected chi connectivity index (χ4v) is 6.42. The third-order valence-electron chi connectivity index (χ3n) is 7.77. The fraction of sp³-hybridized carbons (Fsp3) is 0.583. The van der Waals surface area contributed by atoms with Gasteiger partial charge in [-0.25, -0.2) is 13.9 Å². The minimum Gasteiger partial charge on any atom is -0.374 e. The third kappa shape index (κ3) is 5.52. The van der Waals surface area contributed by atoms with Crippen LogP contribution in [0.15, 0.2) is 24.7 Å². The van der Waals surface area contributed by atoms with Gasteiger partial charge in [-0.15, -0.1) is 0 Å². The first-order chi connectivity index (χ1) is 18.6. The highest BCUT2D eigenvalue weighted by Gasteiger charge is 2.39. The van der Waals surface area contributed by atoms with Crippen molar-refractivity contribution in [3.05, 3.63) is 35.9 Å². The molecule has 0 aromatic carbocycles. The molecule has 12 nitrogen and oxygen atoms in total. The second-order valence-electron chi connectivity index (χ2n) is 10.5. The van der Waals surface area contributed by atoms with Crippen LogP contribution in [0, 0.1) is 5.92 Å². The number of fused-ring (bicyclic) bond motifs is 3. The number of amides is 1. The van der Waals surface area contributed by atoms with Gasteiger partial charge in [0.15, 0.2) is 11.6 Å². The van der Waals surface area contributed by atoms with Gasteiger partial charge in [0, 0.05) is 18.9 Å². The Bertz CT molecular complexity index is 1490. The Hall–Kier alpha value is -2.67. The minimum atomic E-state index is -3.47. The molecule has 1 amide bonds. The molecule has 2 bridgehead atoms. The van der Waals surface area contributed by atoms with Crippen molar-refractivity contribution in [2.24, 2.45) is 5.92 Å². The number of nitrogens with zero attached hydrogens (tertiary/aromatic N) is 6. The zero-order valence-corrected chi connectivity index (χ0v) is 23.4. The van der Waals surface area contributed by atoms with Gasteiger partial charge in [0.1, 0.15) is 17.1 Å². The van der Waals surface area contributed by atoms with Crippen molar-refractivity contribution in [1.29, 1.82) is 0 Å². The van der Waals surface area contributed by atoms with Gasteiger partial charge < -0.3 is 15.0 Å². The molecule has 15 heteroatoms. The molecule has 2 aliphatic heterocycles. The number of morpholine rings is 1. The maximum atomic E-state index is 14.5. The van der Waals surface area contributed by atoms with Crippen molar-refractivity contribution in [2.75, 3.05) is 36.2 Å². The molecule has 2 saturated heterocycles. The van der Waals surface area contributed by atoms with Crippen molar-refractivity contribution in [3.8, 4) is 0 Å². The fourth-order valence-electron chi connectivity index (χ4n) is 5.74. The molecular weight excluding hydrogens is 548 g/mol. The molecule has 3 aliphatic rings. The van der Waals surface area contributed by atoms with Crippen LogP contribution in [0.4, 0.5) is 15.9 Å². The smallest absolute Gasteiger partial charge is 0.264 e. The summed E-state index contributed by atoms with van der Waals surface area (Å²) in [6.45, 7) is 1.61. The highest BCUT2D eigenvalue weighted by Crippen LogP contribution is 2.36. The lowest BCUT2D eigenvalue weighted by atomic mass is 9.87. The van der Waals surface area contributed by atoms with Gasteiger partial charge >= 0.3 is 0 Å². The summed E-state index contributed by atoms with van der Waals surface area (Å²) in [5.41, 5.74) is 1.10. The quantitative estimate of drug-likeness (QED) is 0.316. The summed E-state index contributed by atoms with van der Waals surface area (Å²) < 4.78 is 51.0. The molecule has 3 fully saturated rings. The lowest BCUT2D eigenvalue weighted by Crippen LogP contribution is -2.37. The molecule has 3 aromatic heterocycles. The van der Waals surface area contributed by atoms with Crippen molar-refractivity contribution < 1.29 is 26.5 Å². The molecule has 4 atom stereocenters. The summed E-state index contributed by atoms with van der Waals surface area (Å²) in [7, 11) is -1.39. The average molecular weight is 580 g/mol. The zero-order valence-electron chi connectivity index (χ0n) is 21.4. The number of carbonyl (C=O) groups is 1. The molecule has 0 radical (unpaired) electrons. The number of alkyl halides is 1. The molecule has 39 heavy (non-hydrogen) atoms. The SMILES string of the molecule is CS(=O)(=O)OC[C@H]1CC[C@H](n2cc(NC(=O)c3cnn4ccc(N5C[C@H]6C[C@@H]5CO6)nc34)c(C(F)P)n2)CC1. The summed E-state index contributed by atoms with van der Waals surface area (Å²) >= 11 is 0. The number of hydrogen-bond donors (Lipinski definition) is 1. The minimum absolute atomic E-state index is 0.00797. The lowest BCUT2D eigenvalue weighted by Gasteiger charge is -2.28. The normalized spacial score (nSPS) is 25.9. The number of ether oxygens (including phenoxy) is 1. The van der Waals surface area contributed by atoms with E-state index in [9.17, 15) is 17.6 Å². The topological polar surface area (TPSA) is 133 Å². The first-order valence-corrected chi connectivity index (χ1v) is 15.5. The van der Waals surface area contributed by atoms with Crippen LogP contribution in [0.3, 0.4) is 0 Å². The van der Waals surface area contributed by atoms with Gasteiger partial charge in [0.2, 0.25) is 0 Å². The van der Waals surface area contributed by atoms with Crippen LogP contribution < -0.4 is 10.2 Å². The van der Waals surface area contributed by atoms with E-state index in [0.717, 1.165) is 50.7 Å². The number of aromatic nitrogens is 5. The number of hydrogen-bond acceptors (Lipinski definition) is 9. The van der Waals surface area contributed by atoms with Crippen molar-refractivity contribution >= 4 is 42.4 Å². The summed E-state index contributed by atoms with van der Waals surface area (Å²) in [5.74, 6) is -1.01. The van der Waals surface area contributed by atoms with Crippen molar-refractivity contribution in [3.63, 3.8) is 0 Å². The van der Waals surface area contributed by atoms with Crippen molar-refractivity contribution in [2.45, 2.75) is 56.2 Å². The monoisotopic (exact) mass is 579 g/mol. The van der Waals surface area contributed by atoms with E-state index >= 15 is 0 Å². The van der Waals surface area contributed by atoms with Gasteiger partial charge in [-0.3, -0.25) is 13.7 Å². The van der Waals surface area contributed by atoms with Gasteiger partial charge in [-0.1, -0.05) is 9.24 Å². The van der Waals surface area contributed by atoms with Crippen LogP contribution in [-0.4, -0.2) is 76.9 Å². The Balaban J connectivity index is 1.17. The van der Waals surface area contributed by atoms with E-state index in [-0.39, 0.29) is 47.7 Å². The van der Waals surface area contributed by atoms with E-state index in [4.69, 9.17) is 13.9 Å².